The molecule has 0 radical (unpaired) electrons. The van der Waals surface area contributed by atoms with Crippen LogP contribution in [0.4, 0.5) is 0 Å². The SMILES string of the molecule is O=CCCCCCNC(=O)c1ccc(CN(CCC=O)C(=O)CCCCCCCCCCCCCCC(=O)O)cc1. The average Bonchev–Trinajstić information content (AvgIpc) is 2.97. The fourth-order valence-corrected chi connectivity index (χ4v) is 4.79. The first kappa shape index (κ1) is 36.0. The van der Waals surface area contributed by atoms with Crippen LogP contribution in [0.3, 0.4) is 0 Å². The van der Waals surface area contributed by atoms with Crippen molar-refractivity contribution in [3.05, 3.63) is 35.4 Å². The molecule has 0 saturated heterocycles. The molecule has 0 saturated carbocycles. The molecule has 2 N–H and O–H groups in total. The Bertz CT molecular complexity index is 871. The van der Waals surface area contributed by atoms with E-state index in [4.69, 9.17) is 5.11 Å². The van der Waals surface area contributed by atoms with Crippen molar-refractivity contribution in [2.24, 2.45) is 0 Å². The summed E-state index contributed by atoms with van der Waals surface area (Å²) in [4.78, 5) is 58.8. The summed E-state index contributed by atoms with van der Waals surface area (Å²) in [5, 5.41) is 11.5. The van der Waals surface area contributed by atoms with Crippen LogP contribution in [0.1, 0.15) is 138 Å². The molecule has 0 fully saturated rings. The van der Waals surface area contributed by atoms with Crippen LogP contribution in [0.15, 0.2) is 24.3 Å². The largest absolute Gasteiger partial charge is 0.481 e. The van der Waals surface area contributed by atoms with E-state index in [0.29, 0.717) is 44.5 Å². The smallest absolute Gasteiger partial charge is 0.303 e. The molecule has 8 heteroatoms. The molecule has 1 aromatic rings. The fraction of sp³-hybridized carbons (Fsp3) is 0.667. The molecule has 0 aliphatic rings. The number of aldehydes is 2. The number of unbranched alkanes of at least 4 members (excludes halogenated alkanes) is 14. The summed E-state index contributed by atoms with van der Waals surface area (Å²) in [6, 6.07) is 7.25. The van der Waals surface area contributed by atoms with Gasteiger partial charge in [0, 0.05) is 50.9 Å². The molecule has 1 rings (SSSR count). The van der Waals surface area contributed by atoms with Gasteiger partial charge in [-0.3, -0.25) is 14.4 Å². The number of rotatable bonds is 27. The summed E-state index contributed by atoms with van der Waals surface area (Å²) < 4.78 is 0. The second kappa shape index (κ2) is 24.7. The van der Waals surface area contributed by atoms with Gasteiger partial charge in [0.1, 0.15) is 12.6 Å². The summed E-state index contributed by atoms with van der Waals surface area (Å²) in [7, 11) is 0. The number of carbonyl (C=O) groups excluding carboxylic acids is 4. The van der Waals surface area contributed by atoms with Crippen LogP contribution < -0.4 is 5.32 Å². The number of nitrogens with zero attached hydrogens (tertiary/aromatic N) is 1. The number of carboxylic acid groups (broad SMARTS) is 1. The van der Waals surface area contributed by atoms with Crippen LogP contribution in [0, 0.1) is 0 Å². The molecule has 0 atom stereocenters. The number of hydrogen-bond donors (Lipinski definition) is 2. The highest BCUT2D eigenvalue weighted by Crippen LogP contribution is 2.15. The van der Waals surface area contributed by atoms with Crippen LogP contribution in [0.5, 0.6) is 0 Å². The number of carbonyl (C=O) groups is 5. The molecular weight excluding hydrogens is 520 g/mol. The summed E-state index contributed by atoms with van der Waals surface area (Å²) in [5.74, 6) is -0.775. The standard InChI is InChI=1S/C33H52N2O6/c36-26-16-12-11-15-24-34-33(41)30-22-20-29(21-23-30)28-35(25-17-27-37)31(38)18-13-9-7-5-3-1-2-4-6-8-10-14-19-32(39)40/h20-23,26-27H,1-19,24-25,28H2,(H,34,41)(H,39,40). The van der Waals surface area contributed by atoms with Crippen LogP contribution in [0.25, 0.3) is 0 Å². The minimum absolute atomic E-state index is 0.0617. The minimum Gasteiger partial charge on any atom is -0.481 e. The Kier molecular flexibility index (Phi) is 21.7. The third-order valence-corrected chi connectivity index (χ3v) is 7.27. The second-order valence-corrected chi connectivity index (χ2v) is 10.9. The maximum atomic E-state index is 12.9. The van der Waals surface area contributed by atoms with Gasteiger partial charge in [0.2, 0.25) is 5.91 Å². The highest BCUT2D eigenvalue weighted by atomic mass is 16.4. The van der Waals surface area contributed by atoms with E-state index in [2.05, 4.69) is 5.32 Å². The Morgan fingerprint density at radius 1 is 0.659 bits per heavy atom. The zero-order valence-corrected chi connectivity index (χ0v) is 25.0. The van der Waals surface area contributed by atoms with Crippen molar-refractivity contribution >= 4 is 30.4 Å². The van der Waals surface area contributed by atoms with Crippen LogP contribution in [-0.4, -0.2) is 53.5 Å². The van der Waals surface area contributed by atoms with Gasteiger partial charge >= 0.3 is 5.97 Å². The van der Waals surface area contributed by atoms with Gasteiger partial charge in [0.25, 0.3) is 5.91 Å². The first-order valence-electron chi connectivity index (χ1n) is 15.7. The van der Waals surface area contributed by atoms with E-state index in [1.165, 1.54) is 38.5 Å². The Morgan fingerprint density at radius 3 is 1.71 bits per heavy atom. The van der Waals surface area contributed by atoms with Crippen molar-refractivity contribution in [2.75, 3.05) is 13.1 Å². The van der Waals surface area contributed by atoms with Gasteiger partial charge in [0.05, 0.1) is 0 Å². The maximum absolute atomic E-state index is 12.9. The monoisotopic (exact) mass is 572 g/mol. The van der Waals surface area contributed by atoms with Gasteiger partial charge in [-0.1, -0.05) is 82.8 Å². The summed E-state index contributed by atoms with van der Waals surface area (Å²) >= 11 is 0. The Hall–Kier alpha value is -3.03. The van der Waals surface area contributed by atoms with E-state index < -0.39 is 5.97 Å². The van der Waals surface area contributed by atoms with E-state index >= 15 is 0 Å². The summed E-state index contributed by atoms with van der Waals surface area (Å²) in [5.41, 5.74) is 1.50. The predicted molar refractivity (Wildman–Crippen MR) is 162 cm³/mol. The molecule has 0 bridgehead atoms. The number of carboxylic acids is 1. The second-order valence-electron chi connectivity index (χ2n) is 10.9. The number of aliphatic carboxylic acids is 1. The van der Waals surface area contributed by atoms with E-state index in [1.807, 2.05) is 12.1 Å². The van der Waals surface area contributed by atoms with E-state index in [0.717, 1.165) is 75.9 Å². The number of benzene rings is 1. The number of hydrogen-bond acceptors (Lipinski definition) is 5. The van der Waals surface area contributed by atoms with Gasteiger partial charge in [-0.2, -0.15) is 0 Å². The van der Waals surface area contributed by atoms with E-state index in [9.17, 15) is 24.0 Å². The minimum atomic E-state index is -0.703. The normalized spacial score (nSPS) is 10.7. The topological polar surface area (TPSA) is 121 Å². The van der Waals surface area contributed by atoms with Gasteiger partial charge in [-0.05, 0) is 43.4 Å². The molecule has 1 aromatic carbocycles. The van der Waals surface area contributed by atoms with Crippen molar-refractivity contribution in [1.29, 1.82) is 0 Å². The zero-order valence-electron chi connectivity index (χ0n) is 25.0. The van der Waals surface area contributed by atoms with Gasteiger partial charge in [-0.25, -0.2) is 0 Å². The molecule has 0 spiro atoms. The van der Waals surface area contributed by atoms with Crippen molar-refractivity contribution in [3.63, 3.8) is 0 Å². The summed E-state index contributed by atoms with van der Waals surface area (Å²) in [6.07, 6.45) is 19.2. The molecule has 41 heavy (non-hydrogen) atoms. The van der Waals surface area contributed by atoms with Crippen molar-refractivity contribution in [1.82, 2.24) is 10.2 Å². The highest BCUT2D eigenvalue weighted by Gasteiger charge is 2.14. The lowest BCUT2D eigenvalue weighted by Gasteiger charge is -2.22. The predicted octanol–water partition coefficient (Wildman–Crippen LogP) is 6.64. The number of nitrogens with one attached hydrogen (secondary N) is 1. The Labute approximate surface area is 246 Å². The third kappa shape index (κ3) is 19.6. The van der Waals surface area contributed by atoms with Crippen molar-refractivity contribution < 1.29 is 29.1 Å². The number of amides is 2. The van der Waals surface area contributed by atoms with Gasteiger partial charge in [0.15, 0.2) is 0 Å². The third-order valence-electron chi connectivity index (χ3n) is 7.27. The van der Waals surface area contributed by atoms with Gasteiger partial charge < -0.3 is 24.9 Å². The molecule has 0 aliphatic carbocycles. The molecule has 8 nitrogen and oxygen atoms in total. The summed E-state index contributed by atoms with van der Waals surface area (Å²) in [6.45, 7) is 1.39. The molecule has 0 unspecified atom stereocenters. The molecule has 2 amide bonds. The Balaban J connectivity index is 2.24. The zero-order chi connectivity index (χ0) is 30.0. The molecule has 0 aromatic heterocycles. The van der Waals surface area contributed by atoms with E-state index in [1.54, 1.807) is 17.0 Å². The Morgan fingerprint density at radius 2 is 1.17 bits per heavy atom. The lowest BCUT2D eigenvalue weighted by Crippen LogP contribution is -2.31. The van der Waals surface area contributed by atoms with E-state index in [-0.39, 0.29) is 18.2 Å². The lowest BCUT2D eigenvalue weighted by molar-refractivity contribution is -0.137. The molecule has 0 heterocycles. The van der Waals surface area contributed by atoms with Crippen molar-refractivity contribution in [3.8, 4) is 0 Å². The van der Waals surface area contributed by atoms with Gasteiger partial charge in [-0.15, -0.1) is 0 Å². The lowest BCUT2D eigenvalue weighted by atomic mass is 10.0. The van der Waals surface area contributed by atoms with Crippen LogP contribution >= 0.6 is 0 Å². The maximum Gasteiger partial charge on any atom is 0.303 e. The first-order valence-corrected chi connectivity index (χ1v) is 15.7. The van der Waals surface area contributed by atoms with Crippen molar-refractivity contribution in [2.45, 2.75) is 129 Å². The first-order chi connectivity index (χ1) is 20.0. The fourth-order valence-electron chi connectivity index (χ4n) is 4.79. The quantitative estimate of drug-likeness (QED) is 0.0900. The molecular formula is C33H52N2O6. The van der Waals surface area contributed by atoms with Crippen LogP contribution in [0.2, 0.25) is 0 Å². The molecule has 0 aliphatic heterocycles. The average molecular weight is 573 g/mol. The molecule has 230 valence electrons. The highest BCUT2D eigenvalue weighted by molar-refractivity contribution is 5.94. The van der Waals surface area contributed by atoms with Crippen LogP contribution in [-0.2, 0) is 25.7 Å².